The van der Waals surface area contributed by atoms with Crippen LogP contribution in [0.25, 0.3) is 12.2 Å². The number of carbonyl (C=O) groups excluding carboxylic acids is 1. The van der Waals surface area contributed by atoms with Gasteiger partial charge in [0.1, 0.15) is 0 Å². The summed E-state index contributed by atoms with van der Waals surface area (Å²) in [6, 6.07) is 15.4. The molecule has 1 saturated heterocycles. The molecule has 0 radical (unpaired) electrons. The molecule has 2 aromatic carbocycles. The molecule has 1 fully saturated rings. The lowest BCUT2D eigenvalue weighted by molar-refractivity contribution is -0.192. The van der Waals surface area contributed by atoms with Crippen molar-refractivity contribution in [2.75, 3.05) is 25.5 Å². The first-order chi connectivity index (χ1) is 16.9. The number of halogens is 3. The Morgan fingerprint density at radius 3 is 1.81 bits per heavy atom. The van der Waals surface area contributed by atoms with Gasteiger partial charge in [0.2, 0.25) is 0 Å². The van der Waals surface area contributed by atoms with Crippen molar-refractivity contribution < 1.29 is 37.8 Å². The summed E-state index contributed by atoms with van der Waals surface area (Å²) in [6.07, 6.45) is 3.12. The number of ketones is 1. The van der Waals surface area contributed by atoms with Gasteiger partial charge in [0.05, 0.1) is 0 Å². The van der Waals surface area contributed by atoms with Gasteiger partial charge in [-0.1, -0.05) is 30.3 Å². The SMILES string of the molecule is CN1CCC(Nc2ccc(C(=O)/C=C/c3ccc(/C=C/C(=O)O)cc3)cc2)CC1.O=C(O)C(F)(F)F. The van der Waals surface area contributed by atoms with Crippen molar-refractivity contribution in [2.45, 2.75) is 25.1 Å². The first-order valence-electron chi connectivity index (χ1n) is 11.0. The van der Waals surface area contributed by atoms with E-state index in [2.05, 4.69) is 17.3 Å². The maximum absolute atomic E-state index is 12.4. The Bertz CT molecular complexity index is 1090. The maximum Gasteiger partial charge on any atom is 0.490 e. The van der Waals surface area contributed by atoms with Crippen molar-refractivity contribution >= 4 is 35.6 Å². The van der Waals surface area contributed by atoms with Crippen LogP contribution in [0.1, 0.15) is 34.3 Å². The summed E-state index contributed by atoms with van der Waals surface area (Å²) in [5, 5.41) is 19.3. The zero-order valence-electron chi connectivity index (χ0n) is 19.5. The molecule has 36 heavy (non-hydrogen) atoms. The van der Waals surface area contributed by atoms with E-state index in [1.807, 2.05) is 48.5 Å². The third-order valence-corrected chi connectivity index (χ3v) is 5.28. The normalized spacial score (nSPS) is 14.9. The quantitative estimate of drug-likeness (QED) is 0.367. The van der Waals surface area contributed by atoms with Crippen molar-refractivity contribution in [3.8, 4) is 0 Å². The molecule has 0 aromatic heterocycles. The third kappa shape index (κ3) is 10.1. The molecule has 1 aliphatic rings. The average Bonchev–Trinajstić information content (AvgIpc) is 2.83. The lowest BCUT2D eigenvalue weighted by Gasteiger charge is -2.30. The van der Waals surface area contributed by atoms with Crippen LogP contribution < -0.4 is 5.32 Å². The van der Waals surface area contributed by atoms with E-state index in [0.29, 0.717) is 11.6 Å². The Morgan fingerprint density at radius 1 is 0.889 bits per heavy atom. The van der Waals surface area contributed by atoms with Gasteiger partial charge in [-0.25, -0.2) is 9.59 Å². The van der Waals surface area contributed by atoms with Crippen LogP contribution in [0.5, 0.6) is 0 Å². The van der Waals surface area contributed by atoms with E-state index in [1.54, 1.807) is 12.2 Å². The first kappa shape index (κ1) is 28.3. The van der Waals surface area contributed by atoms with Crippen LogP contribution in [0.3, 0.4) is 0 Å². The largest absolute Gasteiger partial charge is 0.490 e. The summed E-state index contributed by atoms with van der Waals surface area (Å²) in [7, 11) is 2.15. The minimum Gasteiger partial charge on any atom is -0.478 e. The lowest BCUT2D eigenvalue weighted by Crippen LogP contribution is -2.36. The number of carboxylic acids is 2. The van der Waals surface area contributed by atoms with Crippen molar-refractivity contribution in [1.29, 1.82) is 0 Å². The number of carbonyl (C=O) groups is 3. The number of anilines is 1. The van der Waals surface area contributed by atoms with Gasteiger partial charge in [0.25, 0.3) is 0 Å². The summed E-state index contributed by atoms with van der Waals surface area (Å²) in [5.41, 5.74) is 3.37. The fourth-order valence-corrected chi connectivity index (χ4v) is 3.27. The number of nitrogens with zero attached hydrogens (tertiary/aromatic N) is 1. The van der Waals surface area contributed by atoms with Gasteiger partial charge >= 0.3 is 18.1 Å². The lowest BCUT2D eigenvalue weighted by atomic mass is 10.0. The van der Waals surface area contributed by atoms with Gasteiger partial charge in [-0.2, -0.15) is 13.2 Å². The van der Waals surface area contributed by atoms with Gasteiger partial charge in [0, 0.05) is 23.4 Å². The number of piperidine rings is 1. The molecule has 0 spiro atoms. The topological polar surface area (TPSA) is 107 Å². The molecular formula is C26H27F3N2O5. The molecule has 10 heteroatoms. The molecule has 2 aromatic rings. The summed E-state index contributed by atoms with van der Waals surface area (Å²) in [5.74, 6) is -3.79. The van der Waals surface area contributed by atoms with Crippen LogP contribution in [-0.2, 0) is 9.59 Å². The number of nitrogens with one attached hydrogen (secondary N) is 1. The van der Waals surface area contributed by atoms with Crippen LogP contribution in [0, 0.1) is 0 Å². The van der Waals surface area contributed by atoms with Crippen molar-refractivity contribution in [3.05, 3.63) is 77.4 Å². The number of alkyl halides is 3. The Balaban J connectivity index is 0.000000572. The Morgan fingerprint density at radius 2 is 1.36 bits per heavy atom. The second-order valence-corrected chi connectivity index (χ2v) is 8.14. The number of benzene rings is 2. The predicted octanol–water partition coefficient (Wildman–Crippen LogP) is 4.82. The van der Waals surface area contributed by atoms with Gasteiger partial charge in [-0.05, 0) is 80.5 Å². The van der Waals surface area contributed by atoms with Crippen LogP contribution in [-0.4, -0.2) is 65.2 Å². The highest BCUT2D eigenvalue weighted by atomic mass is 19.4. The Labute approximate surface area is 206 Å². The summed E-state index contributed by atoms with van der Waals surface area (Å²) >= 11 is 0. The van der Waals surface area contributed by atoms with E-state index in [0.717, 1.165) is 48.8 Å². The molecule has 0 saturated carbocycles. The van der Waals surface area contributed by atoms with Crippen LogP contribution in [0.4, 0.5) is 18.9 Å². The van der Waals surface area contributed by atoms with Gasteiger partial charge in [0.15, 0.2) is 5.78 Å². The zero-order valence-corrected chi connectivity index (χ0v) is 19.5. The second-order valence-electron chi connectivity index (χ2n) is 8.14. The standard InChI is InChI=1S/C24H26N2O3.C2HF3O2/c1-26-16-14-22(15-17-26)25-21-10-8-20(9-11-21)23(27)12-6-18-2-4-19(5-3-18)7-13-24(28)29;3-2(4,5)1(6)7/h2-13,22,25H,14-17H2,1H3,(H,28,29);(H,6,7)/b12-6+,13-7+;. The fraction of sp³-hybridized carbons (Fsp3) is 0.269. The average molecular weight is 505 g/mol. The highest BCUT2D eigenvalue weighted by molar-refractivity contribution is 6.07. The van der Waals surface area contributed by atoms with Crippen LogP contribution in [0.2, 0.25) is 0 Å². The molecule has 0 bridgehead atoms. The minimum absolute atomic E-state index is 0.0503. The van der Waals surface area contributed by atoms with E-state index < -0.39 is 18.1 Å². The number of aliphatic carboxylic acids is 2. The molecule has 0 atom stereocenters. The maximum atomic E-state index is 12.4. The highest BCUT2D eigenvalue weighted by Gasteiger charge is 2.38. The predicted molar refractivity (Wildman–Crippen MR) is 131 cm³/mol. The van der Waals surface area contributed by atoms with Crippen molar-refractivity contribution in [1.82, 2.24) is 4.90 Å². The van der Waals surface area contributed by atoms with Crippen LogP contribution in [0.15, 0.2) is 60.7 Å². The summed E-state index contributed by atoms with van der Waals surface area (Å²) < 4.78 is 31.7. The Kier molecular flexibility index (Phi) is 10.4. The molecule has 1 aliphatic heterocycles. The molecular weight excluding hydrogens is 477 g/mol. The summed E-state index contributed by atoms with van der Waals surface area (Å²) in [6.45, 7) is 2.21. The molecule has 1 heterocycles. The monoisotopic (exact) mass is 504 g/mol. The number of likely N-dealkylation sites (tertiary alicyclic amines) is 1. The van der Waals surface area contributed by atoms with E-state index in [4.69, 9.17) is 15.0 Å². The number of carboxylic acid groups (broad SMARTS) is 2. The summed E-state index contributed by atoms with van der Waals surface area (Å²) in [4.78, 5) is 34.2. The minimum atomic E-state index is -5.08. The smallest absolute Gasteiger partial charge is 0.478 e. The third-order valence-electron chi connectivity index (χ3n) is 5.28. The van der Waals surface area contributed by atoms with E-state index in [9.17, 15) is 22.8 Å². The van der Waals surface area contributed by atoms with Gasteiger partial charge in [-0.15, -0.1) is 0 Å². The molecule has 7 nitrogen and oxygen atoms in total. The zero-order chi connectivity index (χ0) is 26.7. The molecule has 192 valence electrons. The van der Waals surface area contributed by atoms with E-state index >= 15 is 0 Å². The Hall–Kier alpha value is -3.92. The van der Waals surface area contributed by atoms with Crippen LogP contribution >= 0.6 is 0 Å². The molecule has 0 unspecified atom stereocenters. The highest BCUT2D eigenvalue weighted by Crippen LogP contribution is 2.17. The molecule has 3 N–H and O–H groups in total. The van der Waals surface area contributed by atoms with Gasteiger partial charge in [-0.3, -0.25) is 4.79 Å². The first-order valence-corrected chi connectivity index (χ1v) is 11.0. The molecule has 3 rings (SSSR count). The fourth-order valence-electron chi connectivity index (χ4n) is 3.27. The number of hydrogen-bond donors (Lipinski definition) is 3. The number of rotatable bonds is 7. The number of allylic oxidation sites excluding steroid dienone is 1. The van der Waals surface area contributed by atoms with Crippen molar-refractivity contribution in [2.24, 2.45) is 0 Å². The van der Waals surface area contributed by atoms with E-state index in [-0.39, 0.29) is 5.78 Å². The number of hydrogen-bond acceptors (Lipinski definition) is 5. The van der Waals surface area contributed by atoms with Gasteiger partial charge < -0.3 is 20.4 Å². The molecule has 0 aliphatic carbocycles. The molecule has 0 amide bonds. The second kappa shape index (κ2) is 13.2. The van der Waals surface area contributed by atoms with Crippen molar-refractivity contribution in [3.63, 3.8) is 0 Å². The van der Waals surface area contributed by atoms with E-state index in [1.165, 1.54) is 6.08 Å².